The predicted octanol–water partition coefficient (Wildman–Crippen LogP) is 5.34. The topological polar surface area (TPSA) is 92.5 Å². The molecule has 4 aromatic rings. The van der Waals surface area contributed by atoms with Gasteiger partial charge < -0.3 is 10.4 Å². The Balaban J connectivity index is 1.81. The van der Waals surface area contributed by atoms with Gasteiger partial charge >= 0.3 is 0 Å². The third-order valence-corrected chi connectivity index (χ3v) is 6.00. The molecule has 1 aromatic heterocycles. The van der Waals surface area contributed by atoms with E-state index in [0.717, 1.165) is 27.7 Å². The van der Waals surface area contributed by atoms with Crippen LogP contribution in [0.25, 0.3) is 10.8 Å². The van der Waals surface area contributed by atoms with Crippen LogP contribution in [0.1, 0.15) is 31.7 Å². The minimum Gasteiger partial charge on any atom is -0.508 e. The number of thiophene rings is 1. The molecule has 0 radical (unpaired) electrons. The Morgan fingerprint density at radius 1 is 1.07 bits per heavy atom. The molecule has 1 atom stereocenters. The van der Waals surface area contributed by atoms with Crippen molar-refractivity contribution < 1.29 is 14.8 Å². The largest absolute Gasteiger partial charge is 0.508 e. The van der Waals surface area contributed by atoms with Crippen molar-refractivity contribution >= 4 is 33.7 Å². The van der Waals surface area contributed by atoms with Crippen molar-refractivity contribution in [3.8, 4) is 5.75 Å². The van der Waals surface area contributed by atoms with E-state index in [4.69, 9.17) is 0 Å². The van der Waals surface area contributed by atoms with Crippen LogP contribution in [-0.4, -0.2) is 15.9 Å². The number of fused-ring (bicyclic) bond motifs is 1. The maximum atomic E-state index is 13.0. The molecular formula is C23H18N2O4S. The highest BCUT2D eigenvalue weighted by Gasteiger charge is 2.25. The van der Waals surface area contributed by atoms with Gasteiger partial charge in [-0.3, -0.25) is 14.9 Å². The van der Waals surface area contributed by atoms with Crippen LogP contribution in [0.4, 0.5) is 5.69 Å². The lowest BCUT2D eigenvalue weighted by Crippen LogP contribution is -2.29. The molecule has 0 aliphatic rings. The van der Waals surface area contributed by atoms with Gasteiger partial charge in [0.25, 0.3) is 11.6 Å². The monoisotopic (exact) mass is 418 g/mol. The van der Waals surface area contributed by atoms with Crippen molar-refractivity contribution in [3.05, 3.63) is 104 Å². The summed E-state index contributed by atoms with van der Waals surface area (Å²) in [6, 6.07) is 21.0. The number of carbonyl (C=O) groups excluding carboxylic acids is 1. The zero-order chi connectivity index (χ0) is 21.3. The van der Waals surface area contributed by atoms with Crippen LogP contribution in [0.3, 0.4) is 0 Å². The van der Waals surface area contributed by atoms with Gasteiger partial charge in [0, 0.05) is 11.6 Å². The molecule has 6 nitrogen and oxygen atoms in total. The van der Waals surface area contributed by atoms with Crippen LogP contribution >= 0.6 is 11.3 Å². The molecule has 0 saturated heterocycles. The van der Waals surface area contributed by atoms with Crippen molar-refractivity contribution in [2.24, 2.45) is 0 Å². The van der Waals surface area contributed by atoms with Crippen LogP contribution in [0.15, 0.2) is 72.8 Å². The summed E-state index contributed by atoms with van der Waals surface area (Å²) < 4.78 is 0. The molecule has 3 aromatic carbocycles. The molecule has 0 saturated carbocycles. The summed E-state index contributed by atoms with van der Waals surface area (Å²) in [5.41, 5.74) is 1.30. The molecule has 0 bridgehead atoms. The Hall–Kier alpha value is -3.71. The second-order valence-electron chi connectivity index (χ2n) is 6.85. The quantitative estimate of drug-likeness (QED) is 0.338. The molecule has 30 heavy (non-hydrogen) atoms. The molecule has 7 heteroatoms. The summed E-state index contributed by atoms with van der Waals surface area (Å²) in [6.07, 6.45) is 0. The highest BCUT2D eigenvalue weighted by molar-refractivity contribution is 7.14. The lowest BCUT2D eigenvalue weighted by atomic mass is 9.92. The molecule has 150 valence electrons. The van der Waals surface area contributed by atoms with Gasteiger partial charge in [0.15, 0.2) is 0 Å². The number of nitro groups is 1. The number of aromatic hydroxyl groups is 1. The number of rotatable bonds is 5. The maximum absolute atomic E-state index is 13.0. The van der Waals surface area contributed by atoms with Gasteiger partial charge in [-0.05, 0) is 29.3 Å². The first-order valence-corrected chi connectivity index (χ1v) is 10.1. The van der Waals surface area contributed by atoms with E-state index in [-0.39, 0.29) is 16.3 Å². The molecule has 1 heterocycles. The summed E-state index contributed by atoms with van der Waals surface area (Å²) >= 11 is 1.07. The van der Waals surface area contributed by atoms with Crippen LogP contribution in [0.5, 0.6) is 5.75 Å². The molecule has 0 spiro atoms. The second kappa shape index (κ2) is 7.96. The van der Waals surface area contributed by atoms with E-state index < -0.39 is 16.9 Å². The Labute approximate surface area is 176 Å². The van der Waals surface area contributed by atoms with Crippen LogP contribution in [0, 0.1) is 17.0 Å². The normalized spacial score (nSPS) is 11.9. The lowest BCUT2D eigenvalue weighted by Gasteiger charge is -2.22. The van der Waals surface area contributed by atoms with Crippen LogP contribution in [0.2, 0.25) is 0 Å². The van der Waals surface area contributed by atoms with Gasteiger partial charge in [-0.15, -0.1) is 11.3 Å². The van der Waals surface area contributed by atoms with Crippen molar-refractivity contribution in [2.45, 2.75) is 13.0 Å². The van der Waals surface area contributed by atoms with Crippen LogP contribution < -0.4 is 5.32 Å². The van der Waals surface area contributed by atoms with E-state index in [1.54, 1.807) is 13.0 Å². The molecule has 1 amide bonds. The summed E-state index contributed by atoms with van der Waals surface area (Å²) in [5.74, 6) is -0.367. The van der Waals surface area contributed by atoms with E-state index in [2.05, 4.69) is 5.32 Å². The Kier molecular flexibility index (Phi) is 5.20. The average molecular weight is 418 g/mol. The number of carbonyl (C=O) groups is 1. The number of phenolic OH excluding ortho intramolecular Hbond substituents is 1. The fraction of sp³-hybridized carbons (Fsp3) is 0.0870. The van der Waals surface area contributed by atoms with Crippen molar-refractivity contribution in [1.29, 1.82) is 0 Å². The van der Waals surface area contributed by atoms with Gasteiger partial charge in [0.05, 0.1) is 20.7 Å². The first-order chi connectivity index (χ1) is 14.5. The molecule has 0 fully saturated rings. The lowest BCUT2D eigenvalue weighted by molar-refractivity contribution is -0.385. The molecule has 0 unspecified atom stereocenters. The molecule has 0 aliphatic carbocycles. The third-order valence-electron chi connectivity index (χ3n) is 4.96. The van der Waals surface area contributed by atoms with E-state index >= 15 is 0 Å². The SMILES string of the molecule is Cc1sc(C(=O)N[C@H](c2ccccc2)c2c(O)ccc3ccccc23)cc1[N+](=O)[O-]. The molecular weight excluding hydrogens is 400 g/mol. The zero-order valence-electron chi connectivity index (χ0n) is 16.0. The maximum Gasteiger partial charge on any atom is 0.283 e. The van der Waals surface area contributed by atoms with Crippen molar-refractivity contribution in [3.63, 3.8) is 0 Å². The zero-order valence-corrected chi connectivity index (χ0v) is 16.8. The Morgan fingerprint density at radius 3 is 2.47 bits per heavy atom. The number of hydrogen-bond donors (Lipinski definition) is 2. The predicted molar refractivity (Wildman–Crippen MR) is 117 cm³/mol. The highest BCUT2D eigenvalue weighted by Crippen LogP contribution is 2.36. The smallest absolute Gasteiger partial charge is 0.283 e. The van der Waals surface area contributed by atoms with Crippen molar-refractivity contribution in [1.82, 2.24) is 5.32 Å². The third kappa shape index (κ3) is 3.62. The van der Waals surface area contributed by atoms with Gasteiger partial charge in [-0.1, -0.05) is 60.7 Å². The highest BCUT2D eigenvalue weighted by atomic mass is 32.1. The first kappa shape index (κ1) is 19.6. The summed E-state index contributed by atoms with van der Waals surface area (Å²) in [6.45, 7) is 1.62. The van der Waals surface area contributed by atoms with E-state index in [9.17, 15) is 20.0 Å². The number of phenols is 1. The number of nitrogens with zero attached hydrogens (tertiary/aromatic N) is 1. The number of aryl methyl sites for hydroxylation is 1. The summed E-state index contributed by atoms with van der Waals surface area (Å²) in [7, 11) is 0. The Bertz CT molecular complexity index is 1250. The standard InChI is InChI=1S/C23H18N2O4S/c1-14-18(25(28)29)13-20(30-14)23(27)24-22(16-8-3-2-4-9-16)21-17-10-6-5-7-15(17)11-12-19(21)26/h2-13,22,26H,1H3,(H,24,27)/t22-/m1/s1. The molecule has 4 rings (SSSR count). The van der Waals surface area contributed by atoms with Gasteiger partial charge in [0.1, 0.15) is 5.75 Å². The van der Waals surface area contributed by atoms with E-state index in [1.807, 2.05) is 60.7 Å². The minimum atomic E-state index is -0.633. The second-order valence-corrected chi connectivity index (χ2v) is 8.10. The number of benzene rings is 3. The first-order valence-electron chi connectivity index (χ1n) is 9.27. The summed E-state index contributed by atoms with van der Waals surface area (Å²) in [4.78, 5) is 24.4. The van der Waals surface area contributed by atoms with Gasteiger partial charge in [0.2, 0.25) is 0 Å². The van der Waals surface area contributed by atoms with E-state index in [1.165, 1.54) is 6.07 Å². The van der Waals surface area contributed by atoms with Crippen molar-refractivity contribution in [2.75, 3.05) is 0 Å². The molecule has 2 N–H and O–H groups in total. The fourth-order valence-corrected chi connectivity index (χ4v) is 4.41. The Morgan fingerprint density at radius 2 is 1.77 bits per heavy atom. The number of hydrogen-bond acceptors (Lipinski definition) is 5. The summed E-state index contributed by atoms with van der Waals surface area (Å²) in [5, 5.41) is 26.6. The fourth-order valence-electron chi connectivity index (χ4n) is 3.52. The molecule has 0 aliphatic heterocycles. The number of nitrogens with one attached hydrogen (secondary N) is 1. The number of amides is 1. The van der Waals surface area contributed by atoms with E-state index in [0.29, 0.717) is 10.4 Å². The van der Waals surface area contributed by atoms with Gasteiger partial charge in [-0.25, -0.2) is 0 Å². The average Bonchev–Trinajstić information content (AvgIpc) is 3.15. The van der Waals surface area contributed by atoms with Crippen LogP contribution in [-0.2, 0) is 0 Å². The minimum absolute atomic E-state index is 0.0659. The van der Waals surface area contributed by atoms with Gasteiger partial charge in [-0.2, -0.15) is 0 Å².